The van der Waals surface area contributed by atoms with Crippen molar-refractivity contribution in [1.29, 1.82) is 0 Å². The van der Waals surface area contributed by atoms with Crippen LogP contribution in [-0.4, -0.2) is 19.7 Å². The molecule has 0 radical (unpaired) electrons. The lowest BCUT2D eigenvalue weighted by atomic mass is 9.90. The van der Waals surface area contributed by atoms with Crippen LogP contribution in [0.15, 0.2) is 36.4 Å². The van der Waals surface area contributed by atoms with E-state index in [9.17, 15) is 0 Å². The van der Waals surface area contributed by atoms with E-state index in [0.717, 1.165) is 18.7 Å². The minimum absolute atomic E-state index is 0.525. The van der Waals surface area contributed by atoms with Crippen LogP contribution < -0.4 is 10.1 Å². The Balaban J connectivity index is 2.35. The van der Waals surface area contributed by atoms with Gasteiger partial charge in [-0.1, -0.05) is 51.5 Å². The molecular weight excluding hydrogens is 258 g/mol. The summed E-state index contributed by atoms with van der Waals surface area (Å²) in [4.78, 5) is 0. The monoisotopic (exact) mass is 285 g/mol. The average Bonchev–Trinajstić information content (AvgIpc) is 2.53. The van der Waals surface area contributed by atoms with E-state index in [-0.39, 0.29) is 0 Å². The van der Waals surface area contributed by atoms with Crippen LogP contribution in [0.5, 0.6) is 5.75 Å². The van der Waals surface area contributed by atoms with Crippen molar-refractivity contribution in [2.24, 2.45) is 5.92 Å². The highest BCUT2D eigenvalue weighted by atomic mass is 16.5. The van der Waals surface area contributed by atoms with Crippen molar-refractivity contribution in [3.8, 4) is 5.75 Å². The fraction of sp³-hybridized carbons (Fsp3) is 0.474. The third-order valence-electron chi connectivity index (χ3n) is 4.42. The Morgan fingerprint density at radius 3 is 2.62 bits per heavy atom. The van der Waals surface area contributed by atoms with Crippen molar-refractivity contribution in [3.63, 3.8) is 0 Å². The van der Waals surface area contributed by atoms with Gasteiger partial charge in [0.15, 0.2) is 0 Å². The molecule has 2 aromatic carbocycles. The largest absolute Gasteiger partial charge is 0.497 e. The van der Waals surface area contributed by atoms with Crippen molar-refractivity contribution in [2.75, 3.05) is 13.7 Å². The number of benzene rings is 2. The molecule has 2 nitrogen and oxygen atoms in total. The van der Waals surface area contributed by atoms with Gasteiger partial charge in [0.1, 0.15) is 5.75 Å². The molecule has 114 valence electrons. The zero-order chi connectivity index (χ0) is 15.2. The lowest BCUT2D eigenvalue weighted by Gasteiger charge is -2.24. The van der Waals surface area contributed by atoms with E-state index in [4.69, 9.17) is 4.74 Å². The van der Waals surface area contributed by atoms with Gasteiger partial charge in [-0.2, -0.15) is 0 Å². The zero-order valence-electron chi connectivity index (χ0n) is 13.6. The molecule has 2 unspecified atom stereocenters. The standard InChI is InChI=1S/C19H27NO/c1-5-14(3)19(20-6-2)12-16-9-7-8-15-10-11-17(21-4)13-18(15)16/h7-11,13-14,19-20H,5-6,12H2,1-4H3. The molecule has 0 aliphatic heterocycles. The molecule has 2 aromatic rings. The summed E-state index contributed by atoms with van der Waals surface area (Å²) < 4.78 is 5.38. The molecule has 0 amide bonds. The summed E-state index contributed by atoms with van der Waals surface area (Å²) in [6, 6.07) is 13.4. The quantitative estimate of drug-likeness (QED) is 0.813. The maximum Gasteiger partial charge on any atom is 0.119 e. The Kier molecular flexibility index (Phi) is 5.63. The van der Waals surface area contributed by atoms with Gasteiger partial charge in [-0.25, -0.2) is 0 Å². The summed E-state index contributed by atoms with van der Waals surface area (Å²) in [7, 11) is 1.73. The van der Waals surface area contributed by atoms with E-state index in [1.54, 1.807) is 7.11 Å². The molecule has 0 aliphatic carbocycles. The van der Waals surface area contributed by atoms with Crippen LogP contribution in [0, 0.1) is 5.92 Å². The SMILES string of the molecule is CCNC(Cc1cccc2ccc(OC)cc12)C(C)CC. The number of hydrogen-bond acceptors (Lipinski definition) is 2. The first-order valence-corrected chi connectivity index (χ1v) is 7.98. The summed E-state index contributed by atoms with van der Waals surface area (Å²) in [6.07, 6.45) is 2.26. The number of hydrogen-bond donors (Lipinski definition) is 1. The maximum absolute atomic E-state index is 5.38. The van der Waals surface area contributed by atoms with Crippen molar-refractivity contribution in [2.45, 2.75) is 39.7 Å². The predicted octanol–water partition coefficient (Wildman–Crippen LogP) is 4.42. The molecule has 0 saturated carbocycles. The molecule has 0 spiro atoms. The predicted molar refractivity (Wildman–Crippen MR) is 91.1 cm³/mol. The number of ether oxygens (including phenoxy) is 1. The molecule has 0 bridgehead atoms. The second-order valence-corrected chi connectivity index (χ2v) is 5.76. The van der Waals surface area contributed by atoms with Gasteiger partial charge >= 0.3 is 0 Å². The Bertz CT molecular complexity index is 579. The van der Waals surface area contributed by atoms with E-state index in [1.165, 1.54) is 22.8 Å². The van der Waals surface area contributed by atoms with E-state index >= 15 is 0 Å². The third kappa shape index (κ3) is 3.76. The van der Waals surface area contributed by atoms with Crippen LogP contribution >= 0.6 is 0 Å². The number of rotatable bonds is 7. The first-order valence-electron chi connectivity index (χ1n) is 7.98. The highest BCUT2D eigenvalue weighted by Gasteiger charge is 2.16. The first kappa shape index (κ1) is 15.8. The van der Waals surface area contributed by atoms with Crippen LogP contribution in [-0.2, 0) is 6.42 Å². The van der Waals surface area contributed by atoms with Gasteiger partial charge in [0, 0.05) is 6.04 Å². The summed E-state index contributed by atoms with van der Waals surface area (Å²) >= 11 is 0. The van der Waals surface area contributed by atoms with Crippen LogP contribution in [0.4, 0.5) is 0 Å². The Labute approximate surface area is 128 Å². The van der Waals surface area contributed by atoms with E-state index < -0.39 is 0 Å². The fourth-order valence-corrected chi connectivity index (χ4v) is 2.88. The molecule has 0 heterocycles. The summed E-state index contributed by atoms with van der Waals surface area (Å²) in [5.74, 6) is 1.60. The molecule has 0 aromatic heterocycles. The van der Waals surface area contributed by atoms with Gasteiger partial charge in [0.25, 0.3) is 0 Å². The summed E-state index contributed by atoms with van der Waals surface area (Å²) in [5, 5.41) is 6.24. The van der Waals surface area contributed by atoms with Crippen molar-refractivity contribution in [1.82, 2.24) is 5.32 Å². The molecule has 21 heavy (non-hydrogen) atoms. The smallest absolute Gasteiger partial charge is 0.119 e. The lowest BCUT2D eigenvalue weighted by Crippen LogP contribution is -2.36. The normalized spacial score (nSPS) is 14.1. The van der Waals surface area contributed by atoms with Crippen molar-refractivity contribution < 1.29 is 4.74 Å². The van der Waals surface area contributed by atoms with E-state index in [0.29, 0.717) is 12.0 Å². The number of nitrogens with one attached hydrogen (secondary N) is 1. The van der Waals surface area contributed by atoms with Gasteiger partial charge in [-0.3, -0.25) is 0 Å². The Morgan fingerprint density at radius 2 is 1.95 bits per heavy atom. The van der Waals surface area contributed by atoms with E-state index in [2.05, 4.69) is 56.4 Å². The molecule has 0 fully saturated rings. The lowest BCUT2D eigenvalue weighted by molar-refractivity contribution is 0.371. The molecule has 0 aliphatic rings. The minimum atomic E-state index is 0.525. The van der Waals surface area contributed by atoms with Gasteiger partial charge in [-0.05, 0) is 47.4 Å². The average molecular weight is 285 g/mol. The zero-order valence-corrected chi connectivity index (χ0v) is 13.6. The van der Waals surface area contributed by atoms with Crippen molar-refractivity contribution >= 4 is 10.8 Å². The van der Waals surface area contributed by atoms with Crippen LogP contribution in [0.25, 0.3) is 10.8 Å². The topological polar surface area (TPSA) is 21.3 Å². The highest BCUT2D eigenvalue weighted by molar-refractivity contribution is 5.87. The minimum Gasteiger partial charge on any atom is -0.497 e. The Hall–Kier alpha value is -1.54. The molecule has 0 saturated heterocycles. The van der Waals surface area contributed by atoms with Gasteiger partial charge in [-0.15, -0.1) is 0 Å². The molecule has 2 heteroatoms. The van der Waals surface area contributed by atoms with Crippen LogP contribution in [0.3, 0.4) is 0 Å². The van der Waals surface area contributed by atoms with Gasteiger partial charge < -0.3 is 10.1 Å². The van der Waals surface area contributed by atoms with E-state index in [1.807, 2.05) is 6.07 Å². The third-order valence-corrected chi connectivity index (χ3v) is 4.42. The Morgan fingerprint density at radius 1 is 1.14 bits per heavy atom. The van der Waals surface area contributed by atoms with Gasteiger partial charge in [0.05, 0.1) is 7.11 Å². The summed E-state index contributed by atoms with van der Waals surface area (Å²) in [6.45, 7) is 7.80. The summed E-state index contributed by atoms with van der Waals surface area (Å²) in [5.41, 5.74) is 1.40. The first-order chi connectivity index (χ1) is 10.2. The van der Waals surface area contributed by atoms with Gasteiger partial charge in [0.2, 0.25) is 0 Å². The van der Waals surface area contributed by atoms with Crippen LogP contribution in [0.2, 0.25) is 0 Å². The second kappa shape index (κ2) is 7.46. The molecule has 2 rings (SSSR count). The second-order valence-electron chi connectivity index (χ2n) is 5.76. The number of likely N-dealkylation sites (N-methyl/N-ethyl adjacent to an activating group) is 1. The molecule has 1 N–H and O–H groups in total. The molecular formula is C19H27NO. The van der Waals surface area contributed by atoms with Crippen molar-refractivity contribution in [3.05, 3.63) is 42.0 Å². The maximum atomic E-state index is 5.38. The number of fused-ring (bicyclic) bond motifs is 1. The number of methoxy groups -OCH3 is 1. The molecule has 2 atom stereocenters. The fourth-order valence-electron chi connectivity index (χ4n) is 2.88. The highest BCUT2D eigenvalue weighted by Crippen LogP contribution is 2.26. The van der Waals surface area contributed by atoms with Crippen LogP contribution in [0.1, 0.15) is 32.8 Å².